The van der Waals surface area contributed by atoms with Crippen molar-refractivity contribution in [3.63, 3.8) is 0 Å². The largest absolute Gasteiger partial charge is 0.433 e. The van der Waals surface area contributed by atoms with E-state index in [-0.39, 0.29) is 22.7 Å². The smallest absolute Gasteiger partial charge is 0.347 e. The van der Waals surface area contributed by atoms with E-state index in [0.29, 0.717) is 19.5 Å². The van der Waals surface area contributed by atoms with Crippen LogP contribution in [-0.4, -0.2) is 40.1 Å². The zero-order valence-corrected chi connectivity index (χ0v) is 13.3. The molecule has 1 aliphatic rings. The molecule has 0 spiro atoms. The monoisotopic (exact) mass is 367 g/mol. The molecular formula is C16H13F4N5O. The van der Waals surface area contributed by atoms with Crippen LogP contribution in [0.1, 0.15) is 22.5 Å². The average molecular weight is 367 g/mol. The van der Waals surface area contributed by atoms with Gasteiger partial charge in [-0.1, -0.05) is 6.07 Å². The number of halogens is 4. The lowest BCUT2D eigenvalue weighted by Gasteiger charge is -2.13. The molecule has 6 nitrogen and oxygen atoms in total. The summed E-state index contributed by atoms with van der Waals surface area (Å²) in [6.45, 7) is 0.843. The highest BCUT2D eigenvalue weighted by atomic mass is 19.4. The van der Waals surface area contributed by atoms with Crippen molar-refractivity contribution in [1.82, 2.24) is 20.4 Å². The molecule has 1 fully saturated rings. The highest BCUT2D eigenvalue weighted by molar-refractivity contribution is 5.95. The second-order valence-electron chi connectivity index (χ2n) is 5.86. The Kier molecular flexibility index (Phi) is 4.54. The summed E-state index contributed by atoms with van der Waals surface area (Å²) >= 11 is 0. The SMILES string of the molecule is N#CN1CCC(NC(=O)c2ccc(-c3cn[nH]c3C(F)(F)F)cc2F)C1. The molecule has 1 aliphatic heterocycles. The molecule has 2 aromatic rings. The van der Waals surface area contributed by atoms with E-state index in [1.165, 1.54) is 11.0 Å². The van der Waals surface area contributed by atoms with Crippen molar-refractivity contribution >= 4 is 5.91 Å². The summed E-state index contributed by atoms with van der Waals surface area (Å²) in [7, 11) is 0. The quantitative estimate of drug-likeness (QED) is 0.645. The van der Waals surface area contributed by atoms with Gasteiger partial charge in [0.25, 0.3) is 5.91 Å². The zero-order valence-electron chi connectivity index (χ0n) is 13.3. The number of amides is 1. The molecule has 0 saturated carbocycles. The van der Waals surface area contributed by atoms with E-state index >= 15 is 0 Å². The van der Waals surface area contributed by atoms with Gasteiger partial charge in [0.15, 0.2) is 6.19 Å². The Labute approximate surface area is 145 Å². The molecular weight excluding hydrogens is 354 g/mol. The van der Waals surface area contributed by atoms with Crippen LogP contribution in [0.25, 0.3) is 11.1 Å². The molecule has 136 valence electrons. The van der Waals surface area contributed by atoms with Gasteiger partial charge in [-0.2, -0.15) is 23.5 Å². The maximum absolute atomic E-state index is 14.3. The first-order chi connectivity index (χ1) is 12.3. The number of benzene rings is 1. The van der Waals surface area contributed by atoms with Crippen LogP contribution in [0, 0.1) is 17.3 Å². The van der Waals surface area contributed by atoms with Gasteiger partial charge in [-0.05, 0) is 24.1 Å². The van der Waals surface area contributed by atoms with Crippen molar-refractivity contribution in [2.45, 2.75) is 18.6 Å². The van der Waals surface area contributed by atoms with Crippen LogP contribution in [0.15, 0.2) is 24.4 Å². The number of carbonyl (C=O) groups is 1. The highest BCUT2D eigenvalue weighted by Crippen LogP contribution is 2.35. The number of nitrogens with zero attached hydrogens (tertiary/aromatic N) is 3. The highest BCUT2D eigenvalue weighted by Gasteiger charge is 2.36. The lowest BCUT2D eigenvalue weighted by Crippen LogP contribution is -2.36. The molecule has 1 aromatic carbocycles. The first kappa shape index (κ1) is 17.7. The number of nitrogens with one attached hydrogen (secondary N) is 2. The van der Waals surface area contributed by atoms with E-state index in [0.717, 1.165) is 18.3 Å². The summed E-state index contributed by atoms with van der Waals surface area (Å²) in [6, 6.07) is 2.94. The van der Waals surface area contributed by atoms with Crippen LogP contribution in [0.4, 0.5) is 17.6 Å². The van der Waals surface area contributed by atoms with E-state index < -0.39 is 23.6 Å². The summed E-state index contributed by atoms with van der Waals surface area (Å²) in [5.74, 6) is -1.62. The molecule has 1 unspecified atom stereocenters. The van der Waals surface area contributed by atoms with Crippen molar-refractivity contribution in [3.05, 3.63) is 41.5 Å². The second-order valence-corrected chi connectivity index (χ2v) is 5.86. The van der Waals surface area contributed by atoms with Gasteiger partial charge in [-0.3, -0.25) is 9.89 Å². The Balaban J connectivity index is 1.79. The molecule has 2 heterocycles. The third-order valence-corrected chi connectivity index (χ3v) is 4.11. The van der Waals surface area contributed by atoms with Crippen LogP contribution in [0.3, 0.4) is 0 Å². The lowest BCUT2D eigenvalue weighted by atomic mass is 10.0. The molecule has 26 heavy (non-hydrogen) atoms. The third-order valence-electron chi connectivity index (χ3n) is 4.11. The zero-order chi connectivity index (χ0) is 18.9. The number of hydrogen-bond donors (Lipinski definition) is 2. The van der Waals surface area contributed by atoms with Gasteiger partial charge in [-0.25, -0.2) is 4.39 Å². The molecule has 1 amide bonds. The minimum atomic E-state index is -4.66. The van der Waals surface area contributed by atoms with Gasteiger partial charge in [-0.15, -0.1) is 0 Å². The number of likely N-dealkylation sites (tertiary alicyclic amines) is 1. The van der Waals surface area contributed by atoms with Crippen LogP contribution in [0.2, 0.25) is 0 Å². The number of nitriles is 1. The molecule has 1 atom stereocenters. The van der Waals surface area contributed by atoms with E-state index in [1.807, 2.05) is 11.3 Å². The lowest BCUT2D eigenvalue weighted by molar-refractivity contribution is -0.140. The van der Waals surface area contributed by atoms with Crippen molar-refractivity contribution in [1.29, 1.82) is 5.26 Å². The normalized spacial score (nSPS) is 17.2. The Hall–Kier alpha value is -3.09. The van der Waals surface area contributed by atoms with Crippen molar-refractivity contribution in [3.8, 4) is 17.3 Å². The Morgan fingerprint density at radius 3 is 2.81 bits per heavy atom. The number of H-pyrrole nitrogens is 1. The van der Waals surface area contributed by atoms with Gasteiger partial charge in [0.1, 0.15) is 11.5 Å². The fourth-order valence-electron chi connectivity index (χ4n) is 2.82. The van der Waals surface area contributed by atoms with E-state index in [1.54, 1.807) is 0 Å². The molecule has 10 heteroatoms. The number of aromatic nitrogens is 2. The van der Waals surface area contributed by atoms with E-state index in [4.69, 9.17) is 5.26 Å². The number of hydrogen-bond acceptors (Lipinski definition) is 4. The summed E-state index contributed by atoms with van der Waals surface area (Å²) in [5, 5.41) is 16.6. The van der Waals surface area contributed by atoms with Gasteiger partial charge in [0.2, 0.25) is 0 Å². The number of carbonyl (C=O) groups excluding carboxylic acids is 1. The standard InChI is InChI=1S/C16H13F4N5O/c17-13-5-9(12-6-22-24-14(12)16(18,19)20)1-2-11(13)15(26)23-10-3-4-25(7-10)8-21/h1-2,5-6,10H,3-4,7H2,(H,22,24)(H,23,26). The van der Waals surface area contributed by atoms with Gasteiger partial charge in [0, 0.05) is 24.7 Å². The third kappa shape index (κ3) is 3.46. The van der Waals surface area contributed by atoms with E-state index in [9.17, 15) is 22.4 Å². The molecule has 2 N–H and O–H groups in total. The molecule has 1 saturated heterocycles. The Morgan fingerprint density at radius 1 is 1.42 bits per heavy atom. The predicted molar refractivity (Wildman–Crippen MR) is 82.0 cm³/mol. The molecule has 0 radical (unpaired) electrons. The molecule has 1 aromatic heterocycles. The fraction of sp³-hybridized carbons (Fsp3) is 0.312. The summed E-state index contributed by atoms with van der Waals surface area (Å²) < 4.78 is 53.0. The van der Waals surface area contributed by atoms with Crippen LogP contribution < -0.4 is 5.32 Å². The molecule has 0 aliphatic carbocycles. The first-order valence-corrected chi connectivity index (χ1v) is 7.65. The van der Waals surface area contributed by atoms with Gasteiger partial charge < -0.3 is 10.2 Å². The predicted octanol–water partition coefficient (Wildman–Crippen LogP) is 2.52. The average Bonchev–Trinajstić information content (AvgIpc) is 3.23. The minimum Gasteiger partial charge on any atom is -0.347 e. The summed E-state index contributed by atoms with van der Waals surface area (Å²) in [5.41, 5.74) is -1.71. The fourth-order valence-corrected chi connectivity index (χ4v) is 2.82. The number of rotatable bonds is 3. The number of aromatic amines is 1. The van der Waals surface area contributed by atoms with Crippen LogP contribution in [-0.2, 0) is 6.18 Å². The summed E-state index contributed by atoms with van der Waals surface area (Å²) in [6.07, 6.45) is -1.18. The molecule has 0 bridgehead atoms. The topological polar surface area (TPSA) is 84.8 Å². The number of alkyl halides is 3. The Morgan fingerprint density at radius 2 is 2.19 bits per heavy atom. The van der Waals surface area contributed by atoms with Crippen molar-refractivity contribution in [2.75, 3.05) is 13.1 Å². The summed E-state index contributed by atoms with van der Waals surface area (Å²) in [4.78, 5) is 13.7. The van der Waals surface area contributed by atoms with Gasteiger partial charge in [0.05, 0.1) is 11.8 Å². The minimum absolute atomic E-state index is 0.0448. The Bertz CT molecular complexity index is 870. The van der Waals surface area contributed by atoms with Crippen LogP contribution in [0.5, 0.6) is 0 Å². The van der Waals surface area contributed by atoms with E-state index in [2.05, 4.69) is 10.4 Å². The van der Waals surface area contributed by atoms with Gasteiger partial charge >= 0.3 is 6.18 Å². The maximum atomic E-state index is 14.3. The second kappa shape index (κ2) is 6.67. The maximum Gasteiger partial charge on any atom is 0.433 e. The van der Waals surface area contributed by atoms with Crippen molar-refractivity contribution < 1.29 is 22.4 Å². The van der Waals surface area contributed by atoms with Crippen LogP contribution >= 0.6 is 0 Å². The van der Waals surface area contributed by atoms with Crippen molar-refractivity contribution in [2.24, 2.45) is 0 Å². The first-order valence-electron chi connectivity index (χ1n) is 7.65. The molecule has 3 rings (SSSR count).